The second-order valence-electron chi connectivity index (χ2n) is 6.92. The van der Waals surface area contributed by atoms with Gasteiger partial charge in [-0.05, 0) is 31.2 Å². The first-order valence-corrected chi connectivity index (χ1v) is 10.9. The molecular weight excluding hydrogens is 378 g/mol. The van der Waals surface area contributed by atoms with Crippen molar-refractivity contribution in [1.82, 2.24) is 5.32 Å². The van der Waals surface area contributed by atoms with Crippen molar-refractivity contribution in [2.45, 2.75) is 13.0 Å². The number of carbonyl (C=O) groups excluding carboxylic acids is 1. The van der Waals surface area contributed by atoms with Crippen LogP contribution in [0, 0.1) is 6.92 Å². The molecule has 2 aromatic carbocycles. The standard InChI is InChI=1S/C20H25N3O4S/c1-15-8-10-16(11-9-15)22(2)13-12-21-20(24)19-14-23(28(3,25)26)17-6-4-5-7-18(17)27-19/h4-11,19H,12-14H2,1-3H3,(H,21,24)/t19-/m0/s1. The van der Waals surface area contributed by atoms with E-state index in [0.29, 0.717) is 24.5 Å². The third-order valence-electron chi connectivity index (χ3n) is 4.65. The van der Waals surface area contributed by atoms with Gasteiger partial charge >= 0.3 is 0 Å². The molecule has 1 atom stereocenters. The van der Waals surface area contributed by atoms with Crippen molar-refractivity contribution in [1.29, 1.82) is 0 Å². The van der Waals surface area contributed by atoms with Gasteiger partial charge in [-0.3, -0.25) is 9.10 Å². The lowest BCUT2D eigenvalue weighted by atomic mass is 10.2. The molecule has 0 bridgehead atoms. The van der Waals surface area contributed by atoms with E-state index in [9.17, 15) is 13.2 Å². The molecule has 3 rings (SSSR count). The van der Waals surface area contributed by atoms with Crippen LogP contribution in [0.25, 0.3) is 0 Å². The Bertz CT molecular complexity index is 944. The number of aryl methyl sites for hydroxylation is 1. The summed E-state index contributed by atoms with van der Waals surface area (Å²) in [5.74, 6) is 0.0524. The molecule has 2 aromatic rings. The Morgan fingerprint density at radius 1 is 1.21 bits per heavy atom. The number of benzene rings is 2. The van der Waals surface area contributed by atoms with Crippen LogP contribution in [0.3, 0.4) is 0 Å². The lowest BCUT2D eigenvalue weighted by molar-refractivity contribution is -0.127. The number of nitrogens with one attached hydrogen (secondary N) is 1. The average Bonchev–Trinajstić information content (AvgIpc) is 2.66. The van der Waals surface area contributed by atoms with Gasteiger partial charge in [-0.2, -0.15) is 0 Å². The maximum absolute atomic E-state index is 12.6. The van der Waals surface area contributed by atoms with Gasteiger partial charge in [-0.15, -0.1) is 0 Å². The molecule has 7 nitrogen and oxygen atoms in total. The Labute approximate surface area is 166 Å². The highest BCUT2D eigenvalue weighted by atomic mass is 32.2. The van der Waals surface area contributed by atoms with Crippen LogP contribution in [-0.2, 0) is 14.8 Å². The molecular formula is C20H25N3O4S. The van der Waals surface area contributed by atoms with E-state index in [1.54, 1.807) is 24.3 Å². The fourth-order valence-corrected chi connectivity index (χ4v) is 3.96. The number of sulfonamides is 1. The number of hydrogen-bond acceptors (Lipinski definition) is 5. The van der Waals surface area contributed by atoms with Crippen LogP contribution in [0.15, 0.2) is 48.5 Å². The quantitative estimate of drug-likeness (QED) is 0.795. The number of fused-ring (bicyclic) bond motifs is 1. The van der Waals surface area contributed by atoms with Crippen LogP contribution in [0.2, 0.25) is 0 Å². The van der Waals surface area contributed by atoms with Crippen molar-refractivity contribution < 1.29 is 17.9 Å². The third kappa shape index (κ3) is 4.56. The van der Waals surface area contributed by atoms with Crippen LogP contribution in [0.4, 0.5) is 11.4 Å². The zero-order valence-corrected chi connectivity index (χ0v) is 17.1. The van der Waals surface area contributed by atoms with Crippen molar-refractivity contribution >= 4 is 27.3 Å². The highest BCUT2D eigenvalue weighted by molar-refractivity contribution is 7.92. The molecule has 8 heteroatoms. The zero-order valence-electron chi connectivity index (χ0n) is 16.3. The molecule has 1 aliphatic rings. The van der Waals surface area contributed by atoms with E-state index in [-0.39, 0.29) is 12.5 Å². The fraction of sp³-hybridized carbons (Fsp3) is 0.350. The molecule has 1 aliphatic heterocycles. The summed E-state index contributed by atoms with van der Waals surface area (Å²) in [6.45, 7) is 3.03. The van der Waals surface area contributed by atoms with Gasteiger partial charge in [0.05, 0.1) is 18.5 Å². The predicted octanol–water partition coefficient (Wildman–Crippen LogP) is 1.77. The maximum Gasteiger partial charge on any atom is 0.263 e. The van der Waals surface area contributed by atoms with E-state index in [1.165, 1.54) is 9.87 Å². The van der Waals surface area contributed by atoms with Crippen LogP contribution in [0.1, 0.15) is 5.56 Å². The summed E-state index contributed by atoms with van der Waals surface area (Å²) in [6.07, 6.45) is 0.231. The predicted molar refractivity (Wildman–Crippen MR) is 111 cm³/mol. The molecule has 0 aliphatic carbocycles. The lowest BCUT2D eigenvalue weighted by Gasteiger charge is -2.34. The summed E-state index contributed by atoms with van der Waals surface area (Å²) in [7, 11) is -1.56. The van der Waals surface area contributed by atoms with Gasteiger partial charge in [0.25, 0.3) is 5.91 Å². The van der Waals surface area contributed by atoms with Crippen LogP contribution >= 0.6 is 0 Å². The van der Waals surface area contributed by atoms with Crippen molar-refractivity contribution in [2.75, 3.05) is 42.1 Å². The number of amides is 1. The largest absolute Gasteiger partial charge is 0.476 e. The van der Waals surface area contributed by atoms with Gasteiger partial charge < -0.3 is 15.0 Å². The Hall–Kier alpha value is -2.74. The number of ether oxygens (including phenoxy) is 1. The summed E-state index contributed by atoms with van der Waals surface area (Å²) in [6, 6.07) is 15.0. The Balaban J connectivity index is 1.61. The van der Waals surface area contributed by atoms with E-state index in [2.05, 4.69) is 5.32 Å². The second kappa shape index (κ2) is 8.10. The maximum atomic E-state index is 12.6. The molecule has 0 fully saturated rings. The van der Waals surface area contributed by atoms with E-state index in [0.717, 1.165) is 11.9 Å². The molecule has 0 saturated heterocycles. The van der Waals surface area contributed by atoms with E-state index in [1.807, 2.05) is 43.1 Å². The molecule has 0 aromatic heterocycles. The summed E-state index contributed by atoms with van der Waals surface area (Å²) in [5, 5.41) is 2.84. The molecule has 1 N–H and O–H groups in total. The van der Waals surface area contributed by atoms with Gasteiger partial charge in [0.15, 0.2) is 6.10 Å². The summed E-state index contributed by atoms with van der Waals surface area (Å²) >= 11 is 0. The topological polar surface area (TPSA) is 79.0 Å². The van der Waals surface area contributed by atoms with Crippen molar-refractivity contribution in [3.8, 4) is 5.75 Å². The average molecular weight is 404 g/mol. The first kappa shape index (κ1) is 20.0. The van der Waals surface area contributed by atoms with Gasteiger partial charge in [0.2, 0.25) is 10.0 Å². The minimum atomic E-state index is -3.51. The third-order valence-corrected chi connectivity index (χ3v) is 5.80. The molecule has 0 radical (unpaired) electrons. The molecule has 0 unspecified atom stereocenters. The van der Waals surface area contributed by atoms with Crippen molar-refractivity contribution in [3.63, 3.8) is 0 Å². The normalized spacial score (nSPS) is 16.1. The number of rotatable bonds is 6. The Morgan fingerprint density at radius 3 is 2.57 bits per heavy atom. The van der Waals surface area contributed by atoms with E-state index in [4.69, 9.17) is 4.74 Å². The SMILES string of the molecule is Cc1ccc(N(C)CCNC(=O)[C@@H]2CN(S(C)(=O)=O)c3ccccc3O2)cc1. The van der Waals surface area contributed by atoms with Gasteiger partial charge in [0.1, 0.15) is 5.75 Å². The molecule has 150 valence electrons. The number of nitrogens with zero attached hydrogens (tertiary/aromatic N) is 2. The van der Waals surface area contributed by atoms with Crippen LogP contribution < -0.4 is 19.3 Å². The second-order valence-corrected chi connectivity index (χ2v) is 8.82. The lowest BCUT2D eigenvalue weighted by Crippen LogP contribution is -2.51. The van der Waals surface area contributed by atoms with Gasteiger partial charge in [0, 0.05) is 25.8 Å². The van der Waals surface area contributed by atoms with E-state index < -0.39 is 16.1 Å². The summed E-state index contributed by atoms with van der Waals surface area (Å²) < 4.78 is 31.2. The Kier molecular flexibility index (Phi) is 5.79. The molecule has 0 saturated carbocycles. The first-order chi connectivity index (χ1) is 13.3. The summed E-state index contributed by atoms with van der Waals surface area (Å²) in [5.41, 5.74) is 2.70. The number of likely N-dealkylation sites (N-methyl/N-ethyl adjacent to an activating group) is 1. The van der Waals surface area contributed by atoms with Crippen LogP contribution in [0.5, 0.6) is 5.75 Å². The van der Waals surface area contributed by atoms with Crippen LogP contribution in [-0.4, -0.2) is 53.4 Å². The minimum absolute atomic E-state index is 0.0461. The summed E-state index contributed by atoms with van der Waals surface area (Å²) in [4.78, 5) is 14.6. The number of para-hydroxylation sites is 2. The molecule has 1 amide bonds. The highest BCUT2D eigenvalue weighted by Crippen LogP contribution is 2.34. The molecule has 1 heterocycles. The molecule has 0 spiro atoms. The zero-order chi connectivity index (χ0) is 20.3. The fourth-order valence-electron chi connectivity index (χ4n) is 3.04. The molecule has 28 heavy (non-hydrogen) atoms. The highest BCUT2D eigenvalue weighted by Gasteiger charge is 2.34. The van der Waals surface area contributed by atoms with Crippen molar-refractivity contribution in [3.05, 3.63) is 54.1 Å². The first-order valence-electron chi connectivity index (χ1n) is 9.04. The number of anilines is 2. The van der Waals surface area contributed by atoms with E-state index >= 15 is 0 Å². The number of hydrogen-bond donors (Lipinski definition) is 1. The Morgan fingerprint density at radius 2 is 1.89 bits per heavy atom. The van der Waals surface area contributed by atoms with Crippen molar-refractivity contribution in [2.24, 2.45) is 0 Å². The van der Waals surface area contributed by atoms with Gasteiger partial charge in [-0.25, -0.2) is 8.42 Å². The minimum Gasteiger partial charge on any atom is -0.476 e. The monoisotopic (exact) mass is 403 g/mol. The number of carbonyl (C=O) groups is 1. The van der Waals surface area contributed by atoms with Gasteiger partial charge in [-0.1, -0.05) is 29.8 Å². The smallest absolute Gasteiger partial charge is 0.263 e.